The summed E-state index contributed by atoms with van der Waals surface area (Å²) in [4.78, 5) is 48.1. The molecule has 0 aliphatic heterocycles. The molecule has 0 radical (unpaired) electrons. The van der Waals surface area contributed by atoms with Crippen molar-refractivity contribution in [3.63, 3.8) is 0 Å². The summed E-state index contributed by atoms with van der Waals surface area (Å²) >= 11 is 0. The fourth-order valence-electron chi connectivity index (χ4n) is 3.08. The van der Waals surface area contributed by atoms with Gasteiger partial charge in [-0.1, -0.05) is 30.3 Å². The molecule has 3 rings (SSSR count). The highest BCUT2D eigenvalue weighted by molar-refractivity contribution is 6.39. The Kier molecular flexibility index (Phi) is 8.07. The average Bonchev–Trinajstić information content (AvgIpc) is 2.83. The Labute approximate surface area is 202 Å². The van der Waals surface area contributed by atoms with Gasteiger partial charge in [0.05, 0.1) is 11.3 Å². The zero-order valence-electron chi connectivity index (χ0n) is 19.4. The maximum absolute atomic E-state index is 12.6. The summed E-state index contributed by atoms with van der Waals surface area (Å²) in [7, 11) is 0. The summed E-state index contributed by atoms with van der Waals surface area (Å²) in [5.74, 6) is -2.38. The maximum atomic E-state index is 12.6. The van der Waals surface area contributed by atoms with Gasteiger partial charge in [0.15, 0.2) is 0 Å². The summed E-state index contributed by atoms with van der Waals surface area (Å²) in [6, 6.07) is 20.1. The molecule has 0 unspecified atom stereocenters. The fraction of sp³-hybridized carbons (Fsp3) is 0.115. The lowest BCUT2D eigenvalue weighted by molar-refractivity contribution is -0.136. The molecule has 0 aliphatic rings. The minimum Gasteiger partial charge on any atom is -0.422 e. The van der Waals surface area contributed by atoms with Crippen LogP contribution in [0.4, 0.5) is 11.4 Å². The molecule has 3 aromatic rings. The number of hydrazone groups is 1. The van der Waals surface area contributed by atoms with Gasteiger partial charge in [0.1, 0.15) is 5.75 Å². The van der Waals surface area contributed by atoms with Crippen molar-refractivity contribution >= 4 is 40.8 Å². The number of hydrogen-bond donors (Lipinski definition) is 3. The third kappa shape index (κ3) is 6.84. The van der Waals surface area contributed by atoms with Gasteiger partial charge in [-0.25, -0.2) is 10.2 Å². The number of aryl methyl sites for hydroxylation is 1. The van der Waals surface area contributed by atoms with E-state index in [0.717, 1.165) is 5.56 Å². The van der Waals surface area contributed by atoms with E-state index in [4.69, 9.17) is 4.74 Å². The fourth-order valence-corrected chi connectivity index (χ4v) is 3.08. The van der Waals surface area contributed by atoms with Gasteiger partial charge in [0, 0.05) is 23.9 Å². The smallest absolute Gasteiger partial charge is 0.343 e. The molecule has 35 heavy (non-hydrogen) atoms. The first-order valence-corrected chi connectivity index (χ1v) is 10.6. The summed E-state index contributed by atoms with van der Waals surface area (Å²) in [5, 5.41) is 9.03. The minimum absolute atomic E-state index is 0.221. The number of esters is 1. The highest BCUT2D eigenvalue weighted by Gasteiger charge is 2.16. The number of nitrogens with zero attached hydrogens (tertiary/aromatic N) is 1. The van der Waals surface area contributed by atoms with Crippen molar-refractivity contribution < 1.29 is 23.9 Å². The Balaban J connectivity index is 1.65. The molecule has 3 N–H and O–H groups in total. The Bertz CT molecular complexity index is 1300. The molecule has 0 heterocycles. The summed E-state index contributed by atoms with van der Waals surface area (Å²) in [6.45, 7) is 4.81. The van der Waals surface area contributed by atoms with E-state index in [0.29, 0.717) is 28.2 Å². The average molecular weight is 473 g/mol. The topological polar surface area (TPSA) is 126 Å². The number of nitrogens with one attached hydrogen (secondary N) is 3. The number of carbonyl (C=O) groups is 4. The van der Waals surface area contributed by atoms with E-state index in [2.05, 4.69) is 21.2 Å². The summed E-state index contributed by atoms with van der Waals surface area (Å²) in [5.41, 5.74) is 5.15. The van der Waals surface area contributed by atoms with Crippen LogP contribution in [0, 0.1) is 6.92 Å². The molecular weight excluding hydrogens is 448 g/mol. The molecule has 0 saturated heterocycles. The van der Waals surface area contributed by atoms with Gasteiger partial charge in [-0.3, -0.25) is 14.4 Å². The van der Waals surface area contributed by atoms with Crippen LogP contribution in [0.15, 0.2) is 77.9 Å². The van der Waals surface area contributed by atoms with Crippen LogP contribution in [-0.4, -0.2) is 29.4 Å². The van der Waals surface area contributed by atoms with Gasteiger partial charge >= 0.3 is 17.8 Å². The highest BCUT2D eigenvalue weighted by Crippen LogP contribution is 2.21. The first kappa shape index (κ1) is 24.8. The van der Waals surface area contributed by atoms with Gasteiger partial charge in [0.25, 0.3) is 0 Å². The van der Waals surface area contributed by atoms with Gasteiger partial charge in [-0.05, 0) is 61.9 Å². The van der Waals surface area contributed by atoms with Crippen LogP contribution in [0.3, 0.4) is 0 Å². The molecule has 0 aromatic heterocycles. The van der Waals surface area contributed by atoms with Crippen LogP contribution in [0.25, 0.3) is 0 Å². The van der Waals surface area contributed by atoms with E-state index in [1.165, 1.54) is 6.92 Å². The summed E-state index contributed by atoms with van der Waals surface area (Å²) in [6.07, 6.45) is 0. The van der Waals surface area contributed by atoms with Crippen molar-refractivity contribution in [3.05, 3.63) is 89.5 Å². The van der Waals surface area contributed by atoms with Gasteiger partial charge in [-0.15, -0.1) is 0 Å². The number of para-hydroxylation sites is 1. The van der Waals surface area contributed by atoms with E-state index in [1.807, 2.05) is 19.1 Å². The third-order valence-electron chi connectivity index (χ3n) is 4.84. The Morgan fingerprint density at radius 3 is 1.91 bits per heavy atom. The number of anilines is 2. The number of benzene rings is 3. The minimum atomic E-state index is -0.982. The van der Waals surface area contributed by atoms with Crippen LogP contribution < -0.4 is 20.8 Å². The molecule has 0 atom stereocenters. The second-order valence-corrected chi connectivity index (χ2v) is 7.55. The highest BCUT2D eigenvalue weighted by atomic mass is 16.5. The molecule has 0 aliphatic carbocycles. The van der Waals surface area contributed by atoms with Crippen molar-refractivity contribution in [2.45, 2.75) is 20.8 Å². The molecular formula is C26H24N4O5. The van der Waals surface area contributed by atoms with Crippen LogP contribution in [0.5, 0.6) is 5.75 Å². The lowest BCUT2D eigenvalue weighted by Crippen LogP contribution is -2.33. The molecule has 0 saturated carbocycles. The largest absolute Gasteiger partial charge is 0.422 e. The molecule has 3 aromatic carbocycles. The molecule has 9 heteroatoms. The third-order valence-corrected chi connectivity index (χ3v) is 4.84. The number of amides is 3. The molecule has 178 valence electrons. The van der Waals surface area contributed by atoms with E-state index in [1.54, 1.807) is 67.6 Å². The maximum Gasteiger partial charge on any atom is 0.343 e. The van der Waals surface area contributed by atoms with Gasteiger partial charge in [-0.2, -0.15) is 5.10 Å². The Hall–Kier alpha value is -4.79. The van der Waals surface area contributed by atoms with Crippen LogP contribution in [0.2, 0.25) is 0 Å². The normalized spacial score (nSPS) is 10.8. The van der Waals surface area contributed by atoms with Crippen molar-refractivity contribution in [3.8, 4) is 5.75 Å². The zero-order chi connectivity index (χ0) is 25.4. The van der Waals surface area contributed by atoms with Crippen molar-refractivity contribution in [2.24, 2.45) is 5.10 Å². The van der Waals surface area contributed by atoms with E-state index >= 15 is 0 Å². The lowest BCUT2D eigenvalue weighted by atomic mass is 10.1. The van der Waals surface area contributed by atoms with Crippen LogP contribution in [0.1, 0.15) is 35.3 Å². The second-order valence-electron chi connectivity index (χ2n) is 7.55. The summed E-state index contributed by atoms with van der Waals surface area (Å²) < 4.78 is 5.56. The molecule has 0 bridgehead atoms. The van der Waals surface area contributed by atoms with Crippen LogP contribution >= 0.6 is 0 Å². The predicted molar refractivity (Wildman–Crippen MR) is 132 cm³/mol. The van der Waals surface area contributed by atoms with Crippen molar-refractivity contribution in [2.75, 3.05) is 10.6 Å². The number of ether oxygens (including phenoxy) is 1. The van der Waals surface area contributed by atoms with E-state index in [-0.39, 0.29) is 11.7 Å². The van der Waals surface area contributed by atoms with Crippen molar-refractivity contribution in [1.29, 1.82) is 0 Å². The molecule has 3 amide bonds. The number of hydrogen-bond acceptors (Lipinski definition) is 6. The van der Waals surface area contributed by atoms with Crippen LogP contribution in [-0.2, 0) is 14.4 Å². The monoisotopic (exact) mass is 472 g/mol. The SMILES string of the molecule is CC(=O)Nc1ccc(NC(=O)C(=O)N/N=C(\C)c2ccccc2OC(=O)c2ccccc2C)cc1. The van der Waals surface area contributed by atoms with E-state index in [9.17, 15) is 19.2 Å². The van der Waals surface area contributed by atoms with Gasteiger partial charge < -0.3 is 15.4 Å². The molecule has 0 fully saturated rings. The van der Waals surface area contributed by atoms with E-state index < -0.39 is 17.8 Å². The Morgan fingerprint density at radius 2 is 1.29 bits per heavy atom. The van der Waals surface area contributed by atoms with Gasteiger partial charge in [0.2, 0.25) is 5.91 Å². The second kappa shape index (κ2) is 11.4. The molecule has 9 nitrogen and oxygen atoms in total. The Morgan fingerprint density at radius 1 is 0.714 bits per heavy atom. The molecule has 0 spiro atoms. The number of rotatable bonds is 6. The first-order valence-electron chi connectivity index (χ1n) is 10.6. The lowest BCUT2D eigenvalue weighted by Gasteiger charge is -2.11. The quantitative estimate of drug-likeness (QED) is 0.166. The van der Waals surface area contributed by atoms with Crippen molar-refractivity contribution in [1.82, 2.24) is 5.43 Å². The standard InChI is InChI=1S/C26H24N4O5/c1-16-8-4-5-9-21(16)26(34)35-23-11-7-6-10-22(23)17(2)29-30-25(33)24(32)28-20-14-12-19(13-15-20)27-18(3)31/h4-15H,1-3H3,(H,27,31)(H,28,32)(H,30,33)/b29-17+. The zero-order valence-corrected chi connectivity index (χ0v) is 19.4. The first-order chi connectivity index (χ1) is 16.7. The number of carbonyl (C=O) groups excluding carboxylic acids is 4. The predicted octanol–water partition coefficient (Wildman–Crippen LogP) is 3.65.